The van der Waals surface area contributed by atoms with Gasteiger partial charge in [-0.2, -0.15) is 0 Å². The lowest BCUT2D eigenvalue weighted by molar-refractivity contribution is 0.660. The second-order valence-corrected chi connectivity index (χ2v) is 13.0. The molecule has 0 amide bonds. The van der Waals surface area contributed by atoms with E-state index in [1.54, 1.807) is 0 Å². The second kappa shape index (κ2) is 10.6. The summed E-state index contributed by atoms with van der Waals surface area (Å²) >= 11 is 0. The van der Waals surface area contributed by atoms with E-state index in [1.807, 2.05) is 18.2 Å². The van der Waals surface area contributed by atoms with E-state index in [-0.39, 0.29) is 5.41 Å². The molecule has 9 rings (SSSR count). The largest absolute Gasteiger partial charge is 0.228 e. The molecule has 2 heteroatoms. The number of hydrogen-bond acceptors (Lipinski definition) is 2. The molecule has 0 spiro atoms. The number of benzene rings is 7. The maximum absolute atomic E-state index is 5.21. The van der Waals surface area contributed by atoms with Gasteiger partial charge in [0, 0.05) is 22.1 Å². The normalized spacial score (nSPS) is 13.1. The summed E-state index contributed by atoms with van der Waals surface area (Å²) in [4.78, 5) is 10.4. The Balaban J connectivity index is 1.24. The monoisotopic (exact) mass is 600 g/mol. The zero-order valence-corrected chi connectivity index (χ0v) is 26.4. The summed E-state index contributed by atoms with van der Waals surface area (Å²) in [6, 6.07) is 56.5. The molecule has 1 aromatic heterocycles. The van der Waals surface area contributed by atoms with Crippen LogP contribution in [-0.4, -0.2) is 9.97 Å². The second-order valence-electron chi connectivity index (χ2n) is 13.0. The highest BCUT2D eigenvalue weighted by atomic mass is 14.9. The molecular formula is C45H32N2. The Morgan fingerprint density at radius 1 is 0.383 bits per heavy atom. The van der Waals surface area contributed by atoms with Gasteiger partial charge < -0.3 is 0 Å². The Hall–Kier alpha value is -5.86. The van der Waals surface area contributed by atoms with E-state index in [4.69, 9.17) is 9.97 Å². The van der Waals surface area contributed by atoms with Gasteiger partial charge in [-0.25, -0.2) is 9.97 Å². The molecule has 2 nitrogen and oxygen atoms in total. The van der Waals surface area contributed by atoms with Crippen molar-refractivity contribution >= 4 is 21.5 Å². The van der Waals surface area contributed by atoms with Crippen molar-refractivity contribution in [3.05, 3.63) is 169 Å². The van der Waals surface area contributed by atoms with Crippen molar-refractivity contribution < 1.29 is 0 Å². The van der Waals surface area contributed by atoms with Crippen molar-refractivity contribution in [2.45, 2.75) is 19.3 Å². The summed E-state index contributed by atoms with van der Waals surface area (Å²) in [5, 5.41) is 4.77. The Labute approximate surface area is 275 Å². The highest BCUT2D eigenvalue weighted by Gasteiger charge is 2.35. The first-order chi connectivity index (χ1) is 23.1. The van der Waals surface area contributed by atoms with E-state index in [1.165, 1.54) is 54.9 Å². The zero-order chi connectivity index (χ0) is 31.5. The molecule has 7 aromatic carbocycles. The van der Waals surface area contributed by atoms with Gasteiger partial charge in [0.15, 0.2) is 5.82 Å². The molecule has 222 valence electrons. The topological polar surface area (TPSA) is 25.8 Å². The molecule has 0 bridgehead atoms. The van der Waals surface area contributed by atoms with E-state index in [0.717, 1.165) is 33.9 Å². The number of fused-ring (bicyclic) bond motifs is 5. The van der Waals surface area contributed by atoms with E-state index in [2.05, 4.69) is 153 Å². The van der Waals surface area contributed by atoms with Gasteiger partial charge in [0.1, 0.15) is 0 Å². The minimum absolute atomic E-state index is 0.0511. The van der Waals surface area contributed by atoms with Gasteiger partial charge in [-0.1, -0.05) is 159 Å². The molecule has 0 saturated carbocycles. The molecule has 0 unspecified atom stereocenters. The third kappa shape index (κ3) is 4.40. The fourth-order valence-corrected chi connectivity index (χ4v) is 7.53. The molecule has 0 aliphatic heterocycles. The van der Waals surface area contributed by atoms with Gasteiger partial charge in [-0.15, -0.1) is 0 Å². The summed E-state index contributed by atoms with van der Waals surface area (Å²) in [6.45, 7) is 4.69. The maximum Gasteiger partial charge on any atom is 0.160 e. The molecule has 47 heavy (non-hydrogen) atoms. The zero-order valence-electron chi connectivity index (χ0n) is 26.4. The van der Waals surface area contributed by atoms with Crippen LogP contribution in [0.5, 0.6) is 0 Å². The summed E-state index contributed by atoms with van der Waals surface area (Å²) in [7, 11) is 0. The van der Waals surface area contributed by atoms with Crippen LogP contribution >= 0.6 is 0 Å². The van der Waals surface area contributed by atoms with Crippen molar-refractivity contribution in [1.29, 1.82) is 0 Å². The molecular weight excluding hydrogens is 569 g/mol. The molecule has 0 saturated heterocycles. The van der Waals surface area contributed by atoms with Crippen LogP contribution in [0.3, 0.4) is 0 Å². The van der Waals surface area contributed by atoms with Crippen LogP contribution in [0.1, 0.15) is 25.0 Å². The molecule has 1 aliphatic rings. The Morgan fingerprint density at radius 3 is 1.74 bits per heavy atom. The van der Waals surface area contributed by atoms with Crippen molar-refractivity contribution in [1.82, 2.24) is 9.97 Å². The summed E-state index contributed by atoms with van der Waals surface area (Å²) in [6.07, 6.45) is 0. The summed E-state index contributed by atoms with van der Waals surface area (Å²) < 4.78 is 0. The van der Waals surface area contributed by atoms with Crippen LogP contribution in [0.4, 0.5) is 0 Å². The van der Waals surface area contributed by atoms with Gasteiger partial charge in [0.25, 0.3) is 0 Å². The van der Waals surface area contributed by atoms with Crippen LogP contribution in [-0.2, 0) is 5.41 Å². The van der Waals surface area contributed by atoms with E-state index < -0.39 is 0 Å². The molecule has 0 radical (unpaired) electrons. The third-order valence-corrected chi connectivity index (χ3v) is 9.92. The minimum Gasteiger partial charge on any atom is -0.228 e. The van der Waals surface area contributed by atoms with Gasteiger partial charge in [-0.3, -0.25) is 0 Å². The summed E-state index contributed by atoms with van der Waals surface area (Å²) in [5.74, 6) is 0.722. The number of nitrogens with zero attached hydrogens (tertiary/aromatic N) is 2. The quantitative estimate of drug-likeness (QED) is 0.201. The average molecular weight is 601 g/mol. The predicted octanol–water partition coefficient (Wildman–Crippen LogP) is 11.8. The molecule has 0 fully saturated rings. The molecule has 1 heterocycles. The van der Waals surface area contributed by atoms with Crippen molar-refractivity contribution in [3.63, 3.8) is 0 Å². The SMILES string of the molecule is CC1(C)c2ccccc2-c2ccc(-c3ccc(-c4cc(-c5cccc6ccccc56)nc(-c5ccccc5)n4)c4ccccc34)cc21. The van der Waals surface area contributed by atoms with Crippen LogP contribution in [0.25, 0.3) is 77.7 Å². The smallest absolute Gasteiger partial charge is 0.160 e. The van der Waals surface area contributed by atoms with E-state index >= 15 is 0 Å². The fourth-order valence-electron chi connectivity index (χ4n) is 7.53. The van der Waals surface area contributed by atoms with Crippen molar-refractivity contribution in [3.8, 4) is 56.2 Å². The van der Waals surface area contributed by atoms with E-state index in [9.17, 15) is 0 Å². The van der Waals surface area contributed by atoms with Crippen LogP contribution in [0.2, 0.25) is 0 Å². The molecule has 0 atom stereocenters. The van der Waals surface area contributed by atoms with Gasteiger partial charge in [0.05, 0.1) is 11.4 Å². The molecule has 8 aromatic rings. The lowest BCUT2D eigenvalue weighted by Crippen LogP contribution is -2.14. The first-order valence-electron chi connectivity index (χ1n) is 16.3. The third-order valence-electron chi connectivity index (χ3n) is 9.92. The van der Waals surface area contributed by atoms with Gasteiger partial charge >= 0.3 is 0 Å². The van der Waals surface area contributed by atoms with Gasteiger partial charge in [-0.05, 0) is 67.1 Å². The van der Waals surface area contributed by atoms with Crippen LogP contribution in [0.15, 0.2) is 158 Å². The first kappa shape index (κ1) is 27.5. The molecule has 0 N–H and O–H groups in total. The molecule has 1 aliphatic carbocycles. The number of aromatic nitrogens is 2. The number of hydrogen-bond donors (Lipinski definition) is 0. The Bertz CT molecular complexity index is 2490. The Morgan fingerprint density at radius 2 is 0.936 bits per heavy atom. The van der Waals surface area contributed by atoms with E-state index in [0.29, 0.717) is 0 Å². The summed E-state index contributed by atoms with van der Waals surface area (Å²) in [5.41, 5.74) is 12.9. The van der Waals surface area contributed by atoms with Crippen molar-refractivity contribution in [2.75, 3.05) is 0 Å². The highest BCUT2D eigenvalue weighted by Crippen LogP contribution is 2.50. The van der Waals surface area contributed by atoms with Crippen LogP contribution in [0, 0.1) is 0 Å². The Kier molecular flexibility index (Phi) is 6.20. The average Bonchev–Trinajstić information content (AvgIpc) is 3.36. The standard InChI is InChI=1S/C45H32N2/c1-45(2)40-22-11-10-20-36(40)37-24-23-31(27-41(37)45)33-25-26-39(35-19-9-8-18-34(33)35)43-28-42(46-44(47-43)30-14-4-3-5-15-30)38-21-12-16-29-13-6-7-17-32(29)38/h3-28H,1-2H3. The van der Waals surface area contributed by atoms with Crippen LogP contribution < -0.4 is 0 Å². The fraction of sp³-hybridized carbons (Fsp3) is 0.0667. The number of rotatable bonds is 4. The van der Waals surface area contributed by atoms with Gasteiger partial charge in [0.2, 0.25) is 0 Å². The van der Waals surface area contributed by atoms with Crippen molar-refractivity contribution in [2.24, 2.45) is 0 Å². The maximum atomic E-state index is 5.21. The lowest BCUT2D eigenvalue weighted by atomic mass is 9.81. The first-order valence-corrected chi connectivity index (χ1v) is 16.3. The minimum atomic E-state index is -0.0511. The highest BCUT2D eigenvalue weighted by molar-refractivity contribution is 6.05. The predicted molar refractivity (Wildman–Crippen MR) is 196 cm³/mol. The lowest BCUT2D eigenvalue weighted by Gasteiger charge is -2.22.